The Bertz CT molecular complexity index is 588. The standard InChI is InChI=1S/C18H21Cl3O4/c19-11-5-3-1-2-4-6-12-24-17(22)9-10-18(23)25-16-8-7-14(20)13-15(16)21/h7-10,13H,1-6,11-12H2/b10-9+. The molecule has 0 N–H and O–H groups in total. The minimum atomic E-state index is -0.722. The molecule has 1 aromatic rings. The van der Waals surface area contributed by atoms with Crippen LogP contribution in [-0.2, 0) is 14.3 Å². The SMILES string of the molecule is O=C(/C=C/C(=O)Oc1ccc(Cl)cc1Cl)OCCCCCCCCCl. The van der Waals surface area contributed by atoms with E-state index in [9.17, 15) is 9.59 Å². The van der Waals surface area contributed by atoms with Crippen LogP contribution in [0.4, 0.5) is 0 Å². The Labute approximate surface area is 163 Å². The second kappa shape index (κ2) is 13.0. The van der Waals surface area contributed by atoms with Crippen LogP contribution in [0, 0.1) is 0 Å². The van der Waals surface area contributed by atoms with Crippen molar-refractivity contribution in [3.63, 3.8) is 0 Å². The maximum Gasteiger partial charge on any atom is 0.336 e. The van der Waals surface area contributed by atoms with Crippen LogP contribution in [0.2, 0.25) is 10.0 Å². The Morgan fingerprint density at radius 2 is 1.56 bits per heavy atom. The van der Waals surface area contributed by atoms with Crippen LogP contribution < -0.4 is 4.74 Å². The monoisotopic (exact) mass is 406 g/mol. The molecule has 0 spiro atoms. The van der Waals surface area contributed by atoms with Gasteiger partial charge >= 0.3 is 11.9 Å². The number of hydrogen-bond acceptors (Lipinski definition) is 4. The third-order valence-corrected chi connectivity index (χ3v) is 4.03. The quantitative estimate of drug-likeness (QED) is 0.158. The van der Waals surface area contributed by atoms with E-state index in [0.29, 0.717) is 17.5 Å². The number of carbonyl (C=O) groups excluding carboxylic acids is 2. The smallest absolute Gasteiger partial charge is 0.336 e. The Balaban J connectivity index is 2.19. The van der Waals surface area contributed by atoms with Crippen LogP contribution in [0.25, 0.3) is 0 Å². The van der Waals surface area contributed by atoms with Crippen molar-refractivity contribution in [1.82, 2.24) is 0 Å². The van der Waals surface area contributed by atoms with E-state index in [1.807, 2.05) is 0 Å². The topological polar surface area (TPSA) is 52.6 Å². The summed E-state index contributed by atoms with van der Waals surface area (Å²) in [6.45, 7) is 0.330. The normalized spacial score (nSPS) is 10.8. The molecule has 0 amide bonds. The third-order valence-electron chi connectivity index (χ3n) is 3.23. The number of esters is 2. The van der Waals surface area contributed by atoms with Gasteiger partial charge in [0.2, 0.25) is 0 Å². The summed E-state index contributed by atoms with van der Waals surface area (Å²) in [4.78, 5) is 23.1. The number of rotatable bonds is 11. The zero-order chi connectivity index (χ0) is 18.5. The van der Waals surface area contributed by atoms with Crippen molar-refractivity contribution in [2.24, 2.45) is 0 Å². The molecule has 0 aliphatic carbocycles. The number of ether oxygens (including phenoxy) is 2. The highest BCUT2D eigenvalue weighted by atomic mass is 35.5. The number of unbranched alkanes of at least 4 members (excludes halogenated alkanes) is 5. The van der Waals surface area contributed by atoms with Crippen molar-refractivity contribution in [2.45, 2.75) is 38.5 Å². The summed E-state index contributed by atoms with van der Waals surface area (Å²) in [6, 6.07) is 4.48. The van der Waals surface area contributed by atoms with Crippen molar-refractivity contribution in [1.29, 1.82) is 0 Å². The van der Waals surface area contributed by atoms with Gasteiger partial charge in [0.15, 0.2) is 0 Å². The largest absolute Gasteiger partial charge is 0.463 e. The van der Waals surface area contributed by atoms with E-state index >= 15 is 0 Å². The van der Waals surface area contributed by atoms with Gasteiger partial charge in [-0.1, -0.05) is 48.9 Å². The van der Waals surface area contributed by atoms with Gasteiger partial charge < -0.3 is 9.47 Å². The fourth-order valence-corrected chi connectivity index (χ4v) is 2.60. The summed E-state index contributed by atoms with van der Waals surface area (Å²) in [7, 11) is 0. The molecule has 0 bridgehead atoms. The fourth-order valence-electron chi connectivity index (χ4n) is 1.96. The lowest BCUT2D eigenvalue weighted by Crippen LogP contribution is -2.07. The fraction of sp³-hybridized carbons (Fsp3) is 0.444. The van der Waals surface area contributed by atoms with Gasteiger partial charge in [-0.05, 0) is 31.0 Å². The summed E-state index contributed by atoms with van der Waals surface area (Å²) < 4.78 is 10.0. The van der Waals surface area contributed by atoms with Crippen LogP contribution in [0.5, 0.6) is 5.75 Å². The van der Waals surface area contributed by atoms with Crippen LogP contribution in [0.15, 0.2) is 30.4 Å². The van der Waals surface area contributed by atoms with E-state index in [0.717, 1.165) is 50.7 Å². The van der Waals surface area contributed by atoms with E-state index in [1.54, 1.807) is 6.07 Å². The second-order valence-corrected chi connectivity index (χ2v) is 6.53. The summed E-state index contributed by atoms with van der Waals surface area (Å²) in [5, 5.41) is 0.644. The first-order valence-electron chi connectivity index (χ1n) is 8.10. The van der Waals surface area contributed by atoms with Gasteiger partial charge in [-0.3, -0.25) is 0 Å². The third kappa shape index (κ3) is 10.4. The predicted octanol–water partition coefficient (Wildman–Crippen LogP) is 5.58. The molecule has 0 aliphatic heterocycles. The van der Waals surface area contributed by atoms with Crippen LogP contribution in [0.1, 0.15) is 38.5 Å². The number of hydrogen-bond donors (Lipinski definition) is 0. The maximum absolute atomic E-state index is 11.6. The highest BCUT2D eigenvalue weighted by molar-refractivity contribution is 6.35. The minimum Gasteiger partial charge on any atom is -0.463 e. The first-order valence-corrected chi connectivity index (χ1v) is 9.39. The molecule has 0 atom stereocenters. The molecule has 25 heavy (non-hydrogen) atoms. The molecule has 0 aromatic heterocycles. The summed E-state index contributed by atoms with van der Waals surface area (Å²) in [5.74, 6) is -0.429. The van der Waals surface area contributed by atoms with E-state index < -0.39 is 11.9 Å². The zero-order valence-corrected chi connectivity index (χ0v) is 16.1. The van der Waals surface area contributed by atoms with Gasteiger partial charge in [-0.25, -0.2) is 9.59 Å². The molecular weight excluding hydrogens is 387 g/mol. The molecule has 1 aromatic carbocycles. The average Bonchev–Trinajstić information content (AvgIpc) is 2.58. The van der Waals surface area contributed by atoms with Crippen LogP contribution >= 0.6 is 34.8 Å². The van der Waals surface area contributed by atoms with E-state index in [2.05, 4.69) is 0 Å². The lowest BCUT2D eigenvalue weighted by molar-refractivity contribution is -0.138. The molecule has 1 rings (SSSR count). The first kappa shape index (κ1) is 21.8. The van der Waals surface area contributed by atoms with Gasteiger partial charge in [0.05, 0.1) is 11.6 Å². The van der Waals surface area contributed by atoms with Crippen molar-refractivity contribution in [2.75, 3.05) is 12.5 Å². The van der Waals surface area contributed by atoms with Crippen molar-refractivity contribution in [3.8, 4) is 5.75 Å². The molecule has 0 heterocycles. The molecule has 0 fully saturated rings. The van der Waals surface area contributed by atoms with E-state index in [-0.39, 0.29) is 10.8 Å². The molecule has 0 unspecified atom stereocenters. The molecule has 0 saturated heterocycles. The first-order chi connectivity index (χ1) is 12.0. The highest BCUT2D eigenvalue weighted by Gasteiger charge is 2.07. The Morgan fingerprint density at radius 1 is 0.920 bits per heavy atom. The summed E-state index contributed by atoms with van der Waals surface area (Å²) >= 11 is 17.2. The van der Waals surface area contributed by atoms with E-state index in [1.165, 1.54) is 12.1 Å². The maximum atomic E-state index is 11.6. The van der Waals surface area contributed by atoms with Gasteiger partial charge in [-0.15, -0.1) is 11.6 Å². The van der Waals surface area contributed by atoms with Crippen molar-refractivity contribution >= 4 is 46.7 Å². The average molecular weight is 408 g/mol. The molecule has 4 nitrogen and oxygen atoms in total. The van der Waals surface area contributed by atoms with Crippen LogP contribution in [0.3, 0.4) is 0 Å². The van der Waals surface area contributed by atoms with E-state index in [4.69, 9.17) is 44.3 Å². The molecule has 138 valence electrons. The highest BCUT2D eigenvalue weighted by Crippen LogP contribution is 2.27. The lowest BCUT2D eigenvalue weighted by atomic mass is 10.1. The molecule has 0 radical (unpaired) electrons. The Kier molecular flexibility index (Phi) is 11.4. The number of benzene rings is 1. The molecule has 0 saturated carbocycles. The minimum absolute atomic E-state index is 0.170. The zero-order valence-electron chi connectivity index (χ0n) is 13.8. The summed E-state index contributed by atoms with van der Waals surface area (Å²) in [5.41, 5.74) is 0. The van der Waals surface area contributed by atoms with Crippen LogP contribution in [-0.4, -0.2) is 24.4 Å². The Hall–Kier alpha value is -1.23. The molecule has 7 heteroatoms. The number of carbonyl (C=O) groups is 2. The predicted molar refractivity (Wildman–Crippen MR) is 101 cm³/mol. The second-order valence-electron chi connectivity index (χ2n) is 5.31. The van der Waals surface area contributed by atoms with Gasteiger partial charge in [0, 0.05) is 23.1 Å². The number of alkyl halides is 1. The van der Waals surface area contributed by atoms with Gasteiger partial charge in [-0.2, -0.15) is 0 Å². The molecular formula is C18H21Cl3O4. The number of halogens is 3. The summed E-state index contributed by atoms with van der Waals surface area (Å²) in [6.07, 6.45) is 8.23. The van der Waals surface area contributed by atoms with Gasteiger partial charge in [0.1, 0.15) is 5.75 Å². The van der Waals surface area contributed by atoms with Crippen molar-refractivity contribution in [3.05, 3.63) is 40.4 Å². The lowest BCUT2D eigenvalue weighted by Gasteiger charge is -2.04. The molecule has 0 aliphatic rings. The van der Waals surface area contributed by atoms with Crippen molar-refractivity contribution < 1.29 is 19.1 Å². The Morgan fingerprint density at radius 3 is 2.24 bits per heavy atom. The van der Waals surface area contributed by atoms with Gasteiger partial charge in [0.25, 0.3) is 0 Å².